The Kier molecular flexibility index (Phi) is 6.22. The van der Waals surface area contributed by atoms with Crippen molar-refractivity contribution in [3.63, 3.8) is 0 Å². The summed E-state index contributed by atoms with van der Waals surface area (Å²) in [5.74, 6) is 6.80. The Morgan fingerprint density at radius 3 is 2.28 bits per heavy atom. The predicted molar refractivity (Wildman–Crippen MR) is 121 cm³/mol. The van der Waals surface area contributed by atoms with E-state index in [0.29, 0.717) is 24.3 Å². The Morgan fingerprint density at radius 1 is 0.844 bits per heavy atom. The summed E-state index contributed by atoms with van der Waals surface area (Å²) in [6.45, 7) is 0. The highest BCUT2D eigenvalue weighted by molar-refractivity contribution is 7.91. The van der Waals surface area contributed by atoms with Gasteiger partial charge in [0.15, 0.2) is 0 Å². The second-order valence-corrected chi connectivity index (χ2v) is 9.83. The molecule has 0 heterocycles. The largest absolute Gasteiger partial charge is 0.507 e. The second-order valence-electron chi connectivity index (χ2n) is 7.91. The van der Waals surface area contributed by atoms with E-state index in [1.165, 1.54) is 24.3 Å². The normalized spacial score (nSPS) is 15.4. The van der Waals surface area contributed by atoms with Crippen LogP contribution in [0.15, 0.2) is 82.6 Å². The van der Waals surface area contributed by atoms with E-state index in [1.54, 1.807) is 36.4 Å². The molecule has 0 amide bonds. The summed E-state index contributed by atoms with van der Waals surface area (Å²) < 4.78 is 31.4. The fourth-order valence-electron chi connectivity index (χ4n) is 3.72. The quantitative estimate of drug-likeness (QED) is 0.545. The van der Waals surface area contributed by atoms with E-state index in [2.05, 4.69) is 11.8 Å². The molecule has 1 fully saturated rings. The third-order valence-electron chi connectivity index (χ3n) is 5.48. The first kappa shape index (κ1) is 21.9. The first-order valence-corrected chi connectivity index (χ1v) is 12.0. The van der Waals surface area contributed by atoms with Gasteiger partial charge in [0.1, 0.15) is 27.7 Å². The van der Waals surface area contributed by atoms with Crippen LogP contribution >= 0.6 is 0 Å². The van der Waals surface area contributed by atoms with Crippen molar-refractivity contribution in [3.8, 4) is 29.1 Å². The molecule has 5 nitrogen and oxygen atoms in total. The smallest absolute Gasteiger partial charge is 0.210 e. The lowest BCUT2D eigenvalue weighted by atomic mass is 9.85. The monoisotopic (exact) mass is 448 g/mol. The molecule has 2 N–H and O–H groups in total. The highest BCUT2D eigenvalue weighted by atomic mass is 32.2. The van der Waals surface area contributed by atoms with E-state index in [9.17, 15) is 18.6 Å². The van der Waals surface area contributed by atoms with Crippen molar-refractivity contribution in [1.29, 1.82) is 0 Å². The zero-order chi connectivity index (χ0) is 22.6. The van der Waals surface area contributed by atoms with Crippen LogP contribution in [0.4, 0.5) is 0 Å². The predicted octanol–water partition coefficient (Wildman–Crippen LogP) is 5.06. The molecular formula is C26H24O5S. The Hall–Kier alpha value is -3.27. The molecule has 6 heteroatoms. The number of sulfone groups is 1. The topological polar surface area (TPSA) is 83.8 Å². The number of hydrogen-bond acceptors (Lipinski definition) is 5. The van der Waals surface area contributed by atoms with Crippen LogP contribution in [0.3, 0.4) is 0 Å². The average molecular weight is 449 g/mol. The van der Waals surface area contributed by atoms with Gasteiger partial charge in [0.05, 0.1) is 4.90 Å². The molecule has 0 aliphatic heterocycles. The second kappa shape index (κ2) is 9.07. The fraction of sp³-hybridized carbons (Fsp3) is 0.231. The Balaban J connectivity index is 1.50. The number of phenols is 1. The number of para-hydroxylation sites is 1. The third-order valence-corrected chi connectivity index (χ3v) is 7.30. The highest BCUT2D eigenvalue weighted by Crippen LogP contribution is 2.31. The molecule has 32 heavy (non-hydrogen) atoms. The van der Waals surface area contributed by atoms with Gasteiger partial charge in [0.25, 0.3) is 0 Å². The number of ether oxygens (including phenoxy) is 1. The molecule has 0 aromatic heterocycles. The number of aromatic hydroxyl groups is 1. The molecule has 4 rings (SSSR count). The van der Waals surface area contributed by atoms with Crippen LogP contribution in [0.25, 0.3) is 0 Å². The summed E-state index contributed by atoms with van der Waals surface area (Å²) in [6, 6.07) is 19.1. The number of benzene rings is 3. The zero-order valence-corrected chi connectivity index (χ0v) is 18.3. The van der Waals surface area contributed by atoms with E-state index >= 15 is 0 Å². The number of rotatable bonds is 4. The van der Waals surface area contributed by atoms with Crippen LogP contribution in [0.1, 0.15) is 37.7 Å². The van der Waals surface area contributed by atoms with E-state index in [-0.39, 0.29) is 15.5 Å². The molecule has 0 bridgehead atoms. The first-order valence-electron chi connectivity index (χ1n) is 10.5. The molecule has 0 unspecified atom stereocenters. The van der Waals surface area contributed by atoms with Crippen LogP contribution in [0.5, 0.6) is 17.2 Å². The number of aliphatic hydroxyl groups is 1. The van der Waals surface area contributed by atoms with Crippen LogP contribution in [0.2, 0.25) is 0 Å². The van der Waals surface area contributed by atoms with Gasteiger partial charge in [-0.1, -0.05) is 36.5 Å². The molecule has 3 aromatic rings. The van der Waals surface area contributed by atoms with Crippen LogP contribution in [-0.4, -0.2) is 24.2 Å². The maximum Gasteiger partial charge on any atom is 0.210 e. The van der Waals surface area contributed by atoms with Gasteiger partial charge in [-0.05, 0) is 80.3 Å². The summed E-state index contributed by atoms with van der Waals surface area (Å²) in [6.07, 6.45) is 4.52. The van der Waals surface area contributed by atoms with Crippen LogP contribution in [-0.2, 0) is 9.84 Å². The molecule has 1 saturated carbocycles. The lowest BCUT2D eigenvalue weighted by Gasteiger charge is -2.26. The minimum absolute atomic E-state index is 0.0618. The Bertz CT molecular complexity index is 1260. The molecular weight excluding hydrogens is 424 g/mol. The van der Waals surface area contributed by atoms with E-state index < -0.39 is 15.4 Å². The lowest BCUT2D eigenvalue weighted by Crippen LogP contribution is -2.29. The fourth-order valence-corrected chi connectivity index (χ4v) is 5.07. The number of hydrogen-bond donors (Lipinski definition) is 2. The van der Waals surface area contributed by atoms with Crippen molar-refractivity contribution in [2.75, 3.05) is 0 Å². The first-order chi connectivity index (χ1) is 15.4. The maximum absolute atomic E-state index is 12.8. The van der Waals surface area contributed by atoms with Gasteiger partial charge in [-0.3, -0.25) is 0 Å². The molecule has 1 aliphatic carbocycles. The van der Waals surface area contributed by atoms with E-state index in [4.69, 9.17) is 4.74 Å². The van der Waals surface area contributed by atoms with Gasteiger partial charge in [0.2, 0.25) is 9.84 Å². The van der Waals surface area contributed by atoms with Crippen molar-refractivity contribution < 1.29 is 23.4 Å². The Morgan fingerprint density at radius 2 is 1.56 bits per heavy atom. The van der Waals surface area contributed by atoms with E-state index in [1.807, 2.05) is 12.1 Å². The molecule has 0 radical (unpaired) electrons. The molecule has 0 saturated heterocycles. The summed E-state index contributed by atoms with van der Waals surface area (Å²) >= 11 is 0. The average Bonchev–Trinajstić information content (AvgIpc) is 2.79. The molecule has 1 aliphatic rings. The van der Waals surface area contributed by atoms with Crippen LogP contribution < -0.4 is 4.74 Å². The minimum atomic E-state index is -3.84. The van der Waals surface area contributed by atoms with Gasteiger partial charge < -0.3 is 14.9 Å². The van der Waals surface area contributed by atoms with Gasteiger partial charge in [-0.15, -0.1) is 0 Å². The van der Waals surface area contributed by atoms with Crippen molar-refractivity contribution in [2.45, 2.75) is 47.5 Å². The standard InChI is InChI=1S/C26H24O5S/c27-24-9-2-3-10-25(24)32(29,30)23-13-11-21(12-14-23)31-22-8-6-7-20(19-22)15-18-26(28)16-4-1-5-17-26/h2-3,6-14,19,27-28H,1,4-5,16-17H2. The highest BCUT2D eigenvalue weighted by Gasteiger charge is 2.26. The Labute approximate surface area is 188 Å². The molecule has 0 spiro atoms. The van der Waals surface area contributed by atoms with Crippen molar-refractivity contribution in [1.82, 2.24) is 0 Å². The summed E-state index contributed by atoms with van der Waals surface area (Å²) in [5.41, 5.74) is -0.177. The number of phenolic OH excluding ortho intramolecular Hbond substituents is 1. The molecule has 3 aromatic carbocycles. The molecule has 164 valence electrons. The lowest BCUT2D eigenvalue weighted by molar-refractivity contribution is 0.0610. The third kappa shape index (κ3) is 4.96. The minimum Gasteiger partial charge on any atom is -0.507 e. The van der Waals surface area contributed by atoms with Crippen molar-refractivity contribution in [3.05, 3.63) is 78.4 Å². The van der Waals surface area contributed by atoms with Gasteiger partial charge >= 0.3 is 0 Å². The van der Waals surface area contributed by atoms with Gasteiger partial charge in [-0.2, -0.15) is 0 Å². The zero-order valence-electron chi connectivity index (χ0n) is 17.5. The molecule has 0 atom stereocenters. The van der Waals surface area contributed by atoms with Gasteiger partial charge in [-0.25, -0.2) is 8.42 Å². The summed E-state index contributed by atoms with van der Waals surface area (Å²) in [4.78, 5) is -0.0775. The van der Waals surface area contributed by atoms with Crippen molar-refractivity contribution in [2.24, 2.45) is 0 Å². The van der Waals surface area contributed by atoms with Crippen molar-refractivity contribution >= 4 is 9.84 Å². The maximum atomic E-state index is 12.8. The van der Waals surface area contributed by atoms with E-state index in [0.717, 1.165) is 24.8 Å². The van der Waals surface area contributed by atoms with Crippen LogP contribution in [0, 0.1) is 11.8 Å². The summed E-state index contributed by atoms with van der Waals surface area (Å²) in [7, 11) is -3.84. The van der Waals surface area contributed by atoms with Gasteiger partial charge in [0, 0.05) is 5.56 Å². The summed E-state index contributed by atoms with van der Waals surface area (Å²) in [5, 5.41) is 20.5. The SMILES string of the molecule is O=S(=O)(c1ccc(Oc2cccc(C#CC3(O)CCCCC3)c2)cc1)c1ccccc1O.